The number of aromatic hydroxyl groups is 1. The van der Waals surface area contributed by atoms with Crippen molar-refractivity contribution in [1.82, 2.24) is 24.8 Å². The van der Waals surface area contributed by atoms with Gasteiger partial charge in [-0.25, -0.2) is 8.78 Å². The van der Waals surface area contributed by atoms with Crippen LogP contribution in [0.15, 0.2) is 30.5 Å². The molecule has 3 aliphatic rings. The lowest BCUT2D eigenvalue weighted by molar-refractivity contribution is 0.0843. The third kappa shape index (κ3) is 9.01. The number of ether oxygens (including phenoxy) is 1. The SMILES string of the molecule is CCCC(CCC(C)CC)CN1CCN(CC2(COc3nc(N4CCCC(C)C4)c4cnc(-c5cc(O)cc6ccc(F)c(CC)c56)c(F)c4n3)CC2)CC1. The molecule has 4 aromatic rings. The van der Waals surface area contributed by atoms with Crippen molar-refractivity contribution in [2.75, 3.05) is 63.9 Å². The maximum Gasteiger partial charge on any atom is 0.319 e. The quantitative estimate of drug-likeness (QED) is 0.121. The van der Waals surface area contributed by atoms with Crippen LogP contribution < -0.4 is 9.64 Å². The summed E-state index contributed by atoms with van der Waals surface area (Å²) < 4.78 is 38.5. The van der Waals surface area contributed by atoms with E-state index >= 15 is 8.78 Å². The average Bonchev–Trinajstić information content (AvgIpc) is 3.95. The minimum Gasteiger partial charge on any atom is -0.508 e. The molecule has 0 spiro atoms. The maximum absolute atomic E-state index is 17.0. The summed E-state index contributed by atoms with van der Waals surface area (Å²) in [5.41, 5.74) is 0.984. The van der Waals surface area contributed by atoms with Crippen molar-refractivity contribution >= 4 is 27.5 Å². The summed E-state index contributed by atoms with van der Waals surface area (Å²) in [5.74, 6) is 1.67. The van der Waals surface area contributed by atoms with Crippen LogP contribution in [-0.4, -0.2) is 88.8 Å². The summed E-state index contributed by atoms with van der Waals surface area (Å²) in [6.07, 6.45) is 12.9. The van der Waals surface area contributed by atoms with Gasteiger partial charge in [-0.2, -0.15) is 9.97 Å². The number of aromatic nitrogens is 3. The van der Waals surface area contributed by atoms with Crippen LogP contribution in [0, 0.1) is 34.8 Å². The van der Waals surface area contributed by atoms with Crippen LogP contribution in [-0.2, 0) is 6.42 Å². The summed E-state index contributed by atoms with van der Waals surface area (Å²) >= 11 is 0. The number of fused-ring (bicyclic) bond motifs is 2. The van der Waals surface area contributed by atoms with E-state index in [4.69, 9.17) is 14.7 Å². The number of hydrogen-bond acceptors (Lipinski definition) is 8. The summed E-state index contributed by atoms with van der Waals surface area (Å²) in [4.78, 5) is 21.8. The number of piperidine rings is 1. The minimum atomic E-state index is -0.630. The summed E-state index contributed by atoms with van der Waals surface area (Å²) in [7, 11) is 0. The number of aryl methyl sites for hydroxylation is 1. The number of pyridine rings is 1. The molecule has 4 heterocycles. The van der Waals surface area contributed by atoms with E-state index in [-0.39, 0.29) is 34.2 Å². The number of hydrogen-bond donors (Lipinski definition) is 1. The largest absolute Gasteiger partial charge is 0.508 e. The van der Waals surface area contributed by atoms with Gasteiger partial charge in [-0.1, -0.05) is 59.9 Å². The van der Waals surface area contributed by atoms with Gasteiger partial charge in [0.2, 0.25) is 0 Å². The standard InChI is InChI=1S/C45H62F2N6O2/c1-6-10-32(13-12-30(4)7-2)27-51-19-21-52(22-20-51)28-45(16-17-45)29-55-44-49-42-37(43(50-44)53-18-9-11-31(5)26-53)25-48-41(40(42)47)36-24-34(54)23-33-14-15-38(46)35(8-3)39(33)36/h14-15,23-25,30-32,54H,6-13,16-22,26-29H2,1-5H3. The Labute approximate surface area is 326 Å². The number of benzene rings is 2. The normalized spacial score (nSPS) is 20.3. The molecule has 0 radical (unpaired) electrons. The van der Waals surface area contributed by atoms with Crippen molar-refractivity contribution in [3.05, 3.63) is 47.7 Å². The van der Waals surface area contributed by atoms with Gasteiger partial charge < -0.3 is 24.5 Å². The number of phenolic OH excluding ortho intramolecular Hbond substituents is 1. The van der Waals surface area contributed by atoms with Gasteiger partial charge in [0, 0.05) is 69.5 Å². The fourth-order valence-corrected chi connectivity index (χ4v) is 9.10. The molecule has 10 heteroatoms. The van der Waals surface area contributed by atoms with E-state index in [1.807, 2.05) is 6.92 Å². The third-order valence-electron chi connectivity index (χ3n) is 12.8. The molecule has 0 bridgehead atoms. The number of piperazine rings is 1. The topological polar surface area (TPSA) is 77.9 Å². The second-order valence-corrected chi connectivity index (χ2v) is 17.3. The molecule has 2 saturated heterocycles. The Bertz CT molecular complexity index is 1940. The fraction of sp³-hybridized carbons (Fsp3) is 0.622. The lowest BCUT2D eigenvalue weighted by atomic mass is 9.91. The molecule has 7 rings (SSSR count). The Balaban J connectivity index is 1.11. The molecule has 1 saturated carbocycles. The van der Waals surface area contributed by atoms with Gasteiger partial charge in [0.05, 0.1) is 12.0 Å². The van der Waals surface area contributed by atoms with Crippen LogP contribution in [0.5, 0.6) is 11.8 Å². The van der Waals surface area contributed by atoms with Crippen LogP contribution in [0.4, 0.5) is 14.6 Å². The first-order chi connectivity index (χ1) is 26.6. The van der Waals surface area contributed by atoms with E-state index in [1.54, 1.807) is 18.3 Å². The lowest BCUT2D eigenvalue weighted by Crippen LogP contribution is -2.49. The first-order valence-electron chi connectivity index (χ1n) is 21.2. The van der Waals surface area contributed by atoms with Gasteiger partial charge in [-0.15, -0.1) is 0 Å². The van der Waals surface area contributed by atoms with E-state index in [1.165, 1.54) is 50.8 Å². The van der Waals surface area contributed by atoms with Crippen LogP contribution in [0.3, 0.4) is 0 Å². The van der Waals surface area contributed by atoms with E-state index in [2.05, 4.69) is 47.4 Å². The van der Waals surface area contributed by atoms with Gasteiger partial charge in [0.1, 0.15) is 28.6 Å². The molecular formula is C45H62F2N6O2. The molecule has 1 aliphatic carbocycles. The predicted octanol–water partition coefficient (Wildman–Crippen LogP) is 9.65. The summed E-state index contributed by atoms with van der Waals surface area (Å²) in [6, 6.07) is 6.23. The molecule has 0 amide bonds. The highest BCUT2D eigenvalue weighted by Gasteiger charge is 2.45. The summed E-state index contributed by atoms with van der Waals surface area (Å²) in [5, 5.41) is 12.4. The monoisotopic (exact) mass is 756 g/mol. The molecule has 2 aromatic heterocycles. The molecule has 2 aliphatic heterocycles. The molecule has 8 nitrogen and oxygen atoms in total. The van der Waals surface area contributed by atoms with Crippen molar-refractivity contribution in [3.63, 3.8) is 0 Å². The van der Waals surface area contributed by atoms with Crippen LogP contribution in [0.2, 0.25) is 0 Å². The predicted molar refractivity (Wildman–Crippen MR) is 219 cm³/mol. The fourth-order valence-electron chi connectivity index (χ4n) is 9.10. The van der Waals surface area contributed by atoms with Crippen molar-refractivity contribution in [2.45, 2.75) is 98.8 Å². The Kier molecular flexibility index (Phi) is 12.4. The minimum absolute atomic E-state index is 0.0191. The third-order valence-corrected chi connectivity index (χ3v) is 12.8. The number of rotatable bonds is 16. The Morgan fingerprint density at radius 1 is 0.982 bits per heavy atom. The molecule has 3 fully saturated rings. The van der Waals surface area contributed by atoms with E-state index in [0.717, 1.165) is 83.3 Å². The Morgan fingerprint density at radius 3 is 2.47 bits per heavy atom. The van der Waals surface area contributed by atoms with Crippen molar-refractivity contribution in [1.29, 1.82) is 0 Å². The Hall–Kier alpha value is -3.63. The first-order valence-corrected chi connectivity index (χ1v) is 21.2. The molecule has 55 heavy (non-hydrogen) atoms. The van der Waals surface area contributed by atoms with Crippen LogP contribution in [0.1, 0.15) is 98.0 Å². The number of nitrogens with zero attached hydrogens (tertiary/aromatic N) is 6. The van der Waals surface area contributed by atoms with Gasteiger partial charge in [-0.3, -0.25) is 4.98 Å². The van der Waals surface area contributed by atoms with Gasteiger partial charge in [0.25, 0.3) is 0 Å². The first kappa shape index (κ1) is 39.6. The van der Waals surface area contributed by atoms with Crippen molar-refractivity contribution in [3.8, 4) is 23.0 Å². The molecule has 1 N–H and O–H groups in total. The van der Waals surface area contributed by atoms with Crippen molar-refractivity contribution < 1.29 is 18.6 Å². The molecule has 3 unspecified atom stereocenters. The lowest BCUT2D eigenvalue weighted by Gasteiger charge is -2.38. The molecular weight excluding hydrogens is 695 g/mol. The highest BCUT2D eigenvalue weighted by molar-refractivity contribution is 6.01. The second kappa shape index (κ2) is 17.2. The average molecular weight is 757 g/mol. The number of halogens is 2. The molecule has 2 aromatic carbocycles. The second-order valence-electron chi connectivity index (χ2n) is 17.3. The molecule has 3 atom stereocenters. The zero-order valence-electron chi connectivity index (χ0n) is 33.8. The number of phenols is 1. The van der Waals surface area contributed by atoms with E-state index < -0.39 is 5.82 Å². The van der Waals surface area contributed by atoms with Crippen molar-refractivity contribution in [2.24, 2.45) is 23.2 Å². The van der Waals surface area contributed by atoms with Gasteiger partial charge in [0.15, 0.2) is 5.82 Å². The Morgan fingerprint density at radius 2 is 1.76 bits per heavy atom. The zero-order valence-corrected chi connectivity index (χ0v) is 33.8. The maximum atomic E-state index is 17.0. The van der Waals surface area contributed by atoms with E-state index in [0.29, 0.717) is 52.0 Å². The summed E-state index contributed by atoms with van der Waals surface area (Å²) in [6.45, 7) is 19.8. The highest BCUT2D eigenvalue weighted by atomic mass is 19.1. The zero-order chi connectivity index (χ0) is 38.7. The smallest absolute Gasteiger partial charge is 0.319 e. The van der Waals surface area contributed by atoms with Gasteiger partial charge >= 0.3 is 6.01 Å². The van der Waals surface area contributed by atoms with E-state index in [9.17, 15) is 5.11 Å². The highest BCUT2D eigenvalue weighted by Crippen LogP contribution is 2.47. The number of anilines is 1. The van der Waals surface area contributed by atoms with Crippen LogP contribution in [0.25, 0.3) is 32.9 Å². The molecule has 298 valence electrons. The van der Waals surface area contributed by atoms with Gasteiger partial charge in [-0.05, 0) is 97.2 Å². The van der Waals surface area contributed by atoms with Crippen LogP contribution >= 0.6 is 0 Å².